The first-order chi connectivity index (χ1) is 10.2. The van der Waals surface area contributed by atoms with Gasteiger partial charge in [0.1, 0.15) is 0 Å². The molecule has 4 nitrogen and oxygen atoms in total. The van der Waals surface area contributed by atoms with E-state index in [0.29, 0.717) is 39.1 Å². The lowest BCUT2D eigenvalue weighted by Crippen LogP contribution is -2.23. The molecule has 0 saturated carbocycles. The maximum atomic E-state index is 11.2. The number of ether oxygens (including phenoxy) is 1. The van der Waals surface area contributed by atoms with Crippen LogP contribution in [0.25, 0.3) is 0 Å². The van der Waals surface area contributed by atoms with Gasteiger partial charge in [0.2, 0.25) is 5.91 Å². The van der Waals surface area contributed by atoms with Gasteiger partial charge in [0.05, 0.1) is 19.7 Å². The molecule has 1 amide bonds. The highest BCUT2D eigenvalue weighted by Gasteiger charge is 1.99. The van der Waals surface area contributed by atoms with Crippen molar-refractivity contribution >= 4 is 5.91 Å². The van der Waals surface area contributed by atoms with E-state index in [4.69, 9.17) is 16.9 Å². The number of carbonyl (C=O) groups excluding carboxylic acids is 1. The Morgan fingerprint density at radius 1 is 1.24 bits per heavy atom. The van der Waals surface area contributed by atoms with Crippen molar-refractivity contribution in [2.75, 3.05) is 19.7 Å². The van der Waals surface area contributed by atoms with Crippen molar-refractivity contribution in [3.05, 3.63) is 35.9 Å². The Morgan fingerprint density at radius 2 is 1.90 bits per heavy atom. The fourth-order valence-electron chi connectivity index (χ4n) is 1.34. The van der Waals surface area contributed by atoms with E-state index in [0.717, 1.165) is 5.56 Å². The molecule has 0 radical (unpaired) electrons. The number of hydrogen-bond acceptors (Lipinski definition) is 3. The van der Waals surface area contributed by atoms with Gasteiger partial charge in [-0.1, -0.05) is 42.2 Å². The molecular weight excluding hydrogens is 264 g/mol. The fourth-order valence-corrected chi connectivity index (χ4v) is 1.34. The van der Waals surface area contributed by atoms with Crippen LogP contribution < -0.4 is 11.1 Å². The third-order valence-electron chi connectivity index (χ3n) is 2.31. The van der Waals surface area contributed by atoms with E-state index in [1.807, 2.05) is 30.3 Å². The van der Waals surface area contributed by atoms with Crippen LogP contribution in [-0.2, 0) is 16.1 Å². The average molecular weight is 286 g/mol. The van der Waals surface area contributed by atoms with Crippen LogP contribution in [0, 0.1) is 24.7 Å². The minimum absolute atomic E-state index is 0.0220. The highest BCUT2D eigenvalue weighted by molar-refractivity contribution is 5.76. The molecule has 0 aliphatic carbocycles. The van der Waals surface area contributed by atoms with Crippen LogP contribution in [0.3, 0.4) is 0 Å². The van der Waals surface area contributed by atoms with Gasteiger partial charge in [0.15, 0.2) is 0 Å². The number of amides is 1. The molecule has 0 aliphatic heterocycles. The van der Waals surface area contributed by atoms with Gasteiger partial charge in [-0.2, -0.15) is 0 Å². The zero-order valence-corrected chi connectivity index (χ0v) is 12.2. The molecule has 0 bridgehead atoms. The Balaban J connectivity index is 0.000000885. The Bertz CT molecular complexity index is 458. The van der Waals surface area contributed by atoms with E-state index in [1.54, 1.807) is 0 Å². The third-order valence-corrected chi connectivity index (χ3v) is 2.31. The summed E-state index contributed by atoms with van der Waals surface area (Å²) in [5.74, 6) is 4.54. The predicted molar refractivity (Wildman–Crippen MR) is 85.1 cm³/mol. The highest BCUT2D eigenvalue weighted by atomic mass is 16.5. The third kappa shape index (κ3) is 12.5. The maximum absolute atomic E-state index is 11.2. The molecule has 0 spiro atoms. The predicted octanol–water partition coefficient (Wildman–Crippen LogP) is 1.31. The normalized spacial score (nSPS) is 8.71. The van der Waals surface area contributed by atoms with Gasteiger partial charge >= 0.3 is 0 Å². The number of nitrogens with one attached hydrogen (secondary N) is 1. The van der Waals surface area contributed by atoms with Crippen molar-refractivity contribution in [1.82, 2.24) is 5.32 Å². The lowest BCUT2D eigenvalue weighted by Gasteiger charge is -2.04. The first-order valence-corrected chi connectivity index (χ1v) is 6.70. The van der Waals surface area contributed by atoms with Crippen LogP contribution >= 0.6 is 0 Å². The van der Waals surface area contributed by atoms with Gasteiger partial charge in [-0.15, -0.1) is 12.8 Å². The van der Waals surface area contributed by atoms with Crippen molar-refractivity contribution in [3.8, 4) is 24.7 Å². The zero-order chi connectivity index (χ0) is 15.8. The number of benzene rings is 1. The molecule has 1 aromatic carbocycles. The molecule has 0 atom stereocenters. The van der Waals surface area contributed by atoms with E-state index in [1.165, 1.54) is 0 Å². The van der Waals surface area contributed by atoms with Crippen molar-refractivity contribution in [1.29, 1.82) is 0 Å². The van der Waals surface area contributed by atoms with Gasteiger partial charge in [-0.05, 0) is 12.0 Å². The van der Waals surface area contributed by atoms with Crippen molar-refractivity contribution in [3.63, 3.8) is 0 Å². The van der Waals surface area contributed by atoms with E-state index < -0.39 is 0 Å². The van der Waals surface area contributed by atoms with Crippen LogP contribution in [0.5, 0.6) is 0 Å². The second-order valence-electron chi connectivity index (χ2n) is 4.03. The van der Waals surface area contributed by atoms with Crippen LogP contribution in [0.1, 0.15) is 18.4 Å². The number of nitrogens with two attached hydrogens (primary N) is 1. The molecular formula is C17H22N2O2. The molecule has 1 rings (SSSR count). The summed E-state index contributed by atoms with van der Waals surface area (Å²) < 4.78 is 5.45. The number of terminal acetylenes is 2. The monoisotopic (exact) mass is 286 g/mol. The van der Waals surface area contributed by atoms with E-state index in [9.17, 15) is 4.79 Å². The summed E-state index contributed by atoms with van der Waals surface area (Å²) in [5, 5.41) is 2.61. The standard InChI is InChI=1S/C14H17NO2.C3H5N/c1-2-10-15-14(16)9-6-11-17-12-13-7-4-3-5-8-13;1-2-3-4/h1,3-5,7-8H,6,9-12H2,(H,15,16);1H,3-4H2. The van der Waals surface area contributed by atoms with Crippen LogP contribution in [-0.4, -0.2) is 25.6 Å². The minimum atomic E-state index is -0.0220. The second-order valence-corrected chi connectivity index (χ2v) is 4.03. The molecule has 3 N–H and O–H groups in total. The Hall–Kier alpha value is -2.27. The SMILES string of the molecule is C#CCN.C#CCNC(=O)CCCOCc1ccccc1. The molecule has 0 heterocycles. The smallest absolute Gasteiger partial charge is 0.220 e. The summed E-state index contributed by atoms with van der Waals surface area (Å²) >= 11 is 0. The first kappa shape index (κ1) is 18.7. The Labute approximate surface area is 127 Å². The molecule has 0 unspecified atom stereocenters. The molecule has 112 valence electrons. The lowest BCUT2D eigenvalue weighted by molar-refractivity contribution is -0.121. The molecule has 0 saturated heterocycles. The van der Waals surface area contributed by atoms with Gasteiger partial charge in [-0.3, -0.25) is 4.79 Å². The Morgan fingerprint density at radius 3 is 2.48 bits per heavy atom. The summed E-state index contributed by atoms with van der Waals surface area (Å²) in [6, 6.07) is 9.95. The number of hydrogen-bond donors (Lipinski definition) is 2. The first-order valence-electron chi connectivity index (χ1n) is 6.70. The molecule has 0 aromatic heterocycles. The van der Waals surface area contributed by atoms with E-state index >= 15 is 0 Å². The van der Waals surface area contributed by atoms with Gasteiger partial charge in [-0.25, -0.2) is 0 Å². The molecule has 1 aromatic rings. The van der Waals surface area contributed by atoms with Crippen molar-refractivity contribution in [2.24, 2.45) is 5.73 Å². The summed E-state index contributed by atoms with van der Waals surface area (Å²) in [6.45, 7) is 1.81. The largest absolute Gasteiger partial charge is 0.377 e. The van der Waals surface area contributed by atoms with Gasteiger partial charge < -0.3 is 15.8 Å². The van der Waals surface area contributed by atoms with Crippen molar-refractivity contribution in [2.45, 2.75) is 19.4 Å². The highest BCUT2D eigenvalue weighted by Crippen LogP contribution is 2.01. The van der Waals surface area contributed by atoms with E-state index in [-0.39, 0.29) is 5.91 Å². The average Bonchev–Trinajstić information content (AvgIpc) is 2.53. The molecule has 4 heteroatoms. The van der Waals surface area contributed by atoms with Crippen molar-refractivity contribution < 1.29 is 9.53 Å². The zero-order valence-electron chi connectivity index (χ0n) is 12.2. The number of carbonyl (C=O) groups is 1. The lowest BCUT2D eigenvalue weighted by atomic mass is 10.2. The Kier molecular flexibility index (Phi) is 12.6. The quantitative estimate of drug-likeness (QED) is 0.587. The van der Waals surface area contributed by atoms with Gasteiger partial charge in [0, 0.05) is 13.0 Å². The summed E-state index contributed by atoms with van der Waals surface area (Å²) in [6.07, 6.45) is 10.8. The molecule has 21 heavy (non-hydrogen) atoms. The number of rotatable bonds is 7. The summed E-state index contributed by atoms with van der Waals surface area (Å²) in [7, 11) is 0. The molecule has 0 fully saturated rings. The summed E-state index contributed by atoms with van der Waals surface area (Å²) in [5.41, 5.74) is 5.93. The van der Waals surface area contributed by atoms with Crippen LogP contribution in [0.2, 0.25) is 0 Å². The minimum Gasteiger partial charge on any atom is -0.377 e. The summed E-state index contributed by atoms with van der Waals surface area (Å²) in [4.78, 5) is 11.2. The van der Waals surface area contributed by atoms with E-state index in [2.05, 4.69) is 23.6 Å². The van der Waals surface area contributed by atoms with Crippen LogP contribution in [0.15, 0.2) is 30.3 Å². The second kappa shape index (κ2) is 14.1. The fraction of sp³-hybridized carbons (Fsp3) is 0.353. The molecule has 0 aliphatic rings. The topological polar surface area (TPSA) is 64.3 Å². The van der Waals surface area contributed by atoms with Crippen LogP contribution in [0.4, 0.5) is 0 Å². The van der Waals surface area contributed by atoms with Gasteiger partial charge in [0.25, 0.3) is 0 Å². The maximum Gasteiger partial charge on any atom is 0.220 e.